The second kappa shape index (κ2) is 4.32. The minimum atomic E-state index is -0.327. The Morgan fingerprint density at radius 2 is 2.05 bits per heavy atom. The van der Waals surface area contributed by atoms with E-state index in [4.69, 9.17) is 5.73 Å². The molecule has 0 saturated carbocycles. The largest absolute Gasteiger partial charge is 0.366 e. The van der Waals surface area contributed by atoms with Gasteiger partial charge in [-0.1, -0.05) is 30.4 Å². The highest BCUT2D eigenvalue weighted by Crippen LogP contribution is 2.41. The molecule has 104 valence electrons. The lowest BCUT2D eigenvalue weighted by Gasteiger charge is -2.27. The number of nitrogens with two attached hydrogens (primary N) is 1. The molecule has 2 heteroatoms. The third-order valence-electron chi connectivity index (χ3n) is 4.78. The summed E-state index contributed by atoms with van der Waals surface area (Å²) in [4.78, 5) is 11.7. The quantitative estimate of drug-likeness (QED) is 0.896. The van der Waals surface area contributed by atoms with Crippen LogP contribution in [0.4, 0.5) is 0 Å². The maximum atomic E-state index is 11.7. The minimum Gasteiger partial charge on any atom is -0.366 e. The Labute approximate surface area is 124 Å². The monoisotopic (exact) mass is 275 g/mol. The summed E-state index contributed by atoms with van der Waals surface area (Å²) in [5.74, 6) is -0.327. The number of carbonyl (C=O) groups is 1. The van der Waals surface area contributed by atoms with Crippen LogP contribution < -0.4 is 5.73 Å². The van der Waals surface area contributed by atoms with Crippen LogP contribution in [0.25, 0.3) is 17.2 Å². The van der Waals surface area contributed by atoms with Gasteiger partial charge in [-0.15, -0.1) is 0 Å². The first-order valence-corrected chi connectivity index (χ1v) is 7.41. The minimum absolute atomic E-state index is 0.327. The number of rotatable bonds is 2. The summed E-state index contributed by atoms with van der Waals surface area (Å²) in [6, 6.07) is 8.44. The smallest absolute Gasteiger partial charge is 0.248 e. The summed E-state index contributed by atoms with van der Waals surface area (Å²) in [5, 5.41) is 0. The molecule has 1 amide bonds. The molecule has 0 saturated heterocycles. The fraction of sp³-hybridized carbons (Fsp3) is 0.211. The number of hydrogen-bond donors (Lipinski definition) is 1. The Balaban J connectivity index is 2.04. The van der Waals surface area contributed by atoms with Crippen LogP contribution in [0.15, 0.2) is 30.3 Å². The molecule has 2 nitrogen and oxygen atoms in total. The fourth-order valence-electron chi connectivity index (χ4n) is 3.61. The first kappa shape index (κ1) is 12.4. The molecule has 2 aliphatic carbocycles. The predicted molar refractivity (Wildman–Crippen MR) is 85.3 cm³/mol. The van der Waals surface area contributed by atoms with Gasteiger partial charge in [-0.3, -0.25) is 4.79 Å². The summed E-state index contributed by atoms with van der Waals surface area (Å²) in [5.41, 5.74) is 15.1. The zero-order valence-corrected chi connectivity index (χ0v) is 12.1. The normalized spacial score (nSPS) is 14.5. The van der Waals surface area contributed by atoms with Crippen molar-refractivity contribution < 1.29 is 4.79 Å². The lowest BCUT2D eigenvalue weighted by molar-refractivity contribution is 0.0999. The molecule has 2 aromatic rings. The van der Waals surface area contributed by atoms with Crippen molar-refractivity contribution in [3.63, 3.8) is 0 Å². The molecule has 0 atom stereocenters. The number of allylic oxidation sites excluding steroid dienone is 1. The van der Waals surface area contributed by atoms with Crippen LogP contribution in [-0.2, 0) is 19.3 Å². The number of hydrogen-bond acceptors (Lipinski definition) is 1. The Hall–Kier alpha value is -2.35. The topological polar surface area (TPSA) is 43.1 Å². The van der Waals surface area contributed by atoms with Gasteiger partial charge in [0.05, 0.1) is 0 Å². The average Bonchev–Trinajstić information content (AvgIpc) is 2.90. The fourth-order valence-corrected chi connectivity index (χ4v) is 3.61. The molecular formula is C19H17NO. The molecule has 0 aliphatic heterocycles. The standard InChI is InChI=1S/C19H17NO/c1-11-17(19(20)21)10-13-8-9-15(13)18(11)16-7-3-5-12-4-2-6-14(12)16/h2-3,5-7,10H,4,8-9H2,1H3,(H2,20,21). The van der Waals surface area contributed by atoms with Crippen LogP contribution in [-0.4, -0.2) is 5.91 Å². The lowest BCUT2D eigenvalue weighted by Crippen LogP contribution is -2.19. The van der Waals surface area contributed by atoms with Crippen molar-refractivity contribution in [1.82, 2.24) is 0 Å². The summed E-state index contributed by atoms with van der Waals surface area (Å²) in [6.45, 7) is 2.02. The molecule has 2 N–H and O–H groups in total. The molecule has 0 spiro atoms. The van der Waals surface area contributed by atoms with Crippen LogP contribution >= 0.6 is 0 Å². The van der Waals surface area contributed by atoms with Crippen LogP contribution in [0.3, 0.4) is 0 Å². The van der Waals surface area contributed by atoms with Crippen molar-refractivity contribution in [3.05, 3.63) is 63.7 Å². The van der Waals surface area contributed by atoms with Gasteiger partial charge in [-0.05, 0) is 71.2 Å². The molecule has 0 bridgehead atoms. The van der Waals surface area contributed by atoms with E-state index in [1.54, 1.807) is 0 Å². The van der Waals surface area contributed by atoms with E-state index in [2.05, 4.69) is 30.4 Å². The highest BCUT2D eigenvalue weighted by Gasteiger charge is 2.25. The highest BCUT2D eigenvalue weighted by atomic mass is 16.1. The number of aryl methyl sites for hydroxylation is 1. The lowest BCUT2D eigenvalue weighted by atomic mass is 9.77. The van der Waals surface area contributed by atoms with Crippen molar-refractivity contribution in [2.24, 2.45) is 5.73 Å². The molecular weight excluding hydrogens is 258 g/mol. The van der Waals surface area contributed by atoms with E-state index in [-0.39, 0.29) is 5.91 Å². The summed E-state index contributed by atoms with van der Waals surface area (Å²) >= 11 is 0. The molecule has 2 aromatic carbocycles. The molecule has 0 aromatic heterocycles. The van der Waals surface area contributed by atoms with Gasteiger partial charge in [-0.25, -0.2) is 0 Å². The first-order valence-electron chi connectivity index (χ1n) is 7.41. The Morgan fingerprint density at radius 1 is 1.19 bits per heavy atom. The number of carbonyl (C=O) groups excluding carboxylic acids is 1. The van der Waals surface area contributed by atoms with Gasteiger partial charge in [0.15, 0.2) is 0 Å². The van der Waals surface area contributed by atoms with Gasteiger partial charge in [0.1, 0.15) is 0 Å². The van der Waals surface area contributed by atoms with E-state index in [0.717, 1.165) is 24.8 Å². The van der Waals surface area contributed by atoms with E-state index < -0.39 is 0 Å². The Bertz CT molecular complexity index is 815. The van der Waals surface area contributed by atoms with E-state index in [0.29, 0.717) is 5.56 Å². The third kappa shape index (κ3) is 1.69. The van der Waals surface area contributed by atoms with Gasteiger partial charge in [-0.2, -0.15) is 0 Å². The predicted octanol–water partition coefficient (Wildman–Crippen LogP) is 3.43. The molecule has 4 rings (SSSR count). The molecule has 0 unspecified atom stereocenters. The summed E-state index contributed by atoms with van der Waals surface area (Å²) in [6.07, 6.45) is 7.55. The van der Waals surface area contributed by atoms with Crippen molar-refractivity contribution >= 4 is 12.0 Å². The highest BCUT2D eigenvalue weighted by molar-refractivity contribution is 5.98. The van der Waals surface area contributed by atoms with Crippen LogP contribution in [0, 0.1) is 6.92 Å². The van der Waals surface area contributed by atoms with E-state index in [1.165, 1.54) is 33.4 Å². The molecule has 21 heavy (non-hydrogen) atoms. The zero-order chi connectivity index (χ0) is 14.6. The van der Waals surface area contributed by atoms with Crippen LogP contribution in [0.1, 0.15) is 38.2 Å². The van der Waals surface area contributed by atoms with Gasteiger partial charge in [0.2, 0.25) is 5.91 Å². The van der Waals surface area contributed by atoms with E-state index >= 15 is 0 Å². The van der Waals surface area contributed by atoms with Gasteiger partial charge in [0, 0.05) is 5.56 Å². The summed E-state index contributed by atoms with van der Waals surface area (Å²) < 4.78 is 0. The Morgan fingerprint density at radius 3 is 2.76 bits per heavy atom. The second-order valence-corrected chi connectivity index (χ2v) is 5.91. The maximum absolute atomic E-state index is 11.7. The van der Waals surface area contributed by atoms with Gasteiger partial charge >= 0.3 is 0 Å². The number of primary amides is 1. The molecule has 2 aliphatic rings. The van der Waals surface area contributed by atoms with Crippen molar-refractivity contribution in [1.29, 1.82) is 0 Å². The van der Waals surface area contributed by atoms with Gasteiger partial charge in [0.25, 0.3) is 0 Å². The van der Waals surface area contributed by atoms with E-state index in [1.807, 2.05) is 13.0 Å². The Kier molecular flexibility index (Phi) is 2.55. The van der Waals surface area contributed by atoms with Gasteiger partial charge < -0.3 is 5.73 Å². The number of benzene rings is 2. The van der Waals surface area contributed by atoms with Crippen LogP contribution in [0.2, 0.25) is 0 Å². The summed E-state index contributed by atoms with van der Waals surface area (Å²) in [7, 11) is 0. The second-order valence-electron chi connectivity index (χ2n) is 5.91. The zero-order valence-electron chi connectivity index (χ0n) is 12.1. The number of amides is 1. The van der Waals surface area contributed by atoms with Crippen LogP contribution in [0.5, 0.6) is 0 Å². The van der Waals surface area contributed by atoms with E-state index in [9.17, 15) is 4.79 Å². The SMILES string of the molecule is Cc1c(C(N)=O)cc2c(c1-c1cccc3c1C=CC3)CC2. The molecule has 0 fully saturated rings. The van der Waals surface area contributed by atoms with Crippen molar-refractivity contribution in [2.45, 2.75) is 26.2 Å². The maximum Gasteiger partial charge on any atom is 0.248 e. The van der Waals surface area contributed by atoms with Crippen molar-refractivity contribution in [2.75, 3.05) is 0 Å². The first-order chi connectivity index (χ1) is 10.2. The molecule has 0 radical (unpaired) electrons. The number of fused-ring (bicyclic) bond motifs is 2. The van der Waals surface area contributed by atoms with Crippen molar-refractivity contribution in [3.8, 4) is 11.1 Å². The molecule has 0 heterocycles. The third-order valence-corrected chi connectivity index (χ3v) is 4.78. The average molecular weight is 275 g/mol.